The molecule has 4 heteroatoms. The van der Waals surface area contributed by atoms with E-state index in [1.807, 2.05) is 12.1 Å². The summed E-state index contributed by atoms with van der Waals surface area (Å²) in [5.74, 6) is 2.42. The molecule has 1 aromatic carbocycles. The molecule has 0 radical (unpaired) electrons. The van der Waals surface area contributed by atoms with E-state index in [0.717, 1.165) is 24.6 Å². The van der Waals surface area contributed by atoms with E-state index in [9.17, 15) is 5.11 Å². The third-order valence-electron chi connectivity index (χ3n) is 6.29. The maximum Gasteiger partial charge on any atom is 0.118 e. The van der Waals surface area contributed by atoms with Crippen molar-refractivity contribution in [3.63, 3.8) is 0 Å². The highest BCUT2D eigenvalue weighted by Crippen LogP contribution is 2.59. The van der Waals surface area contributed by atoms with Gasteiger partial charge in [-0.15, -0.1) is 0 Å². The van der Waals surface area contributed by atoms with Gasteiger partial charge in [-0.2, -0.15) is 0 Å². The lowest BCUT2D eigenvalue weighted by Gasteiger charge is -2.56. The number of hydrogen-bond acceptors (Lipinski definition) is 4. The fourth-order valence-electron chi connectivity index (χ4n) is 4.31. The van der Waals surface area contributed by atoms with Crippen LogP contribution in [0.2, 0.25) is 0 Å². The maximum atomic E-state index is 10.1. The Kier molecular flexibility index (Phi) is 6.38. The van der Waals surface area contributed by atoms with Crippen molar-refractivity contribution < 1.29 is 14.6 Å². The molecule has 1 aromatic rings. The van der Waals surface area contributed by atoms with Crippen LogP contribution in [-0.2, 0) is 11.2 Å². The van der Waals surface area contributed by atoms with Gasteiger partial charge in [-0.25, -0.2) is 0 Å². The number of methoxy groups -OCH3 is 1. The first kappa shape index (κ1) is 19.4. The first-order chi connectivity index (χ1) is 12.5. The van der Waals surface area contributed by atoms with Crippen LogP contribution in [0.25, 0.3) is 0 Å². The van der Waals surface area contributed by atoms with E-state index in [2.05, 4.69) is 37.4 Å². The zero-order valence-corrected chi connectivity index (χ0v) is 16.3. The Morgan fingerprint density at radius 3 is 2.69 bits per heavy atom. The van der Waals surface area contributed by atoms with Crippen molar-refractivity contribution >= 4 is 0 Å². The molecular weight excluding hydrogens is 326 g/mol. The van der Waals surface area contributed by atoms with E-state index in [1.54, 1.807) is 7.11 Å². The lowest BCUT2D eigenvalue weighted by Crippen LogP contribution is -2.48. The number of ether oxygens (including phenoxy) is 2. The predicted octanol–water partition coefficient (Wildman–Crippen LogP) is 3.20. The number of rotatable bonds is 10. The SMILES string of the molecule is COc1ccc(CCNC[C@H](O)COCC2=CC[C@@H]3C[C@@H]2C3(C)C)cc1. The summed E-state index contributed by atoms with van der Waals surface area (Å²) >= 11 is 0. The number of hydrogen-bond donors (Lipinski definition) is 2. The molecule has 4 nitrogen and oxygen atoms in total. The molecular formula is C22H33NO3. The molecule has 26 heavy (non-hydrogen) atoms. The van der Waals surface area contributed by atoms with Crippen LogP contribution in [0.15, 0.2) is 35.9 Å². The van der Waals surface area contributed by atoms with Crippen molar-refractivity contribution in [2.24, 2.45) is 17.3 Å². The van der Waals surface area contributed by atoms with Crippen LogP contribution >= 0.6 is 0 Å². The Balaban J connectivity index is 1.27. The summed E-state index contributed by atoms with van der Waals surface area (Å²) in [5.41, 5.74) is 3.14. The van der Waals surface area contributed by atoms with Crippen molar-refractivity contribution in [1.82, 2.24) is 5.32 Å². The highest BCUT2D eigenvalue weighted by atomic mass is 16.5. The number of benzene rings is 1. The summed E-state index contributed by atoms with van der Waals surface area (Å²) in [5, 5.41) is 13.4. The zero-order valence-electron chi connectivity index (χ0n) is 16.3. The summed E-state index contributed by atoms with van der Waals surface area (Å²) in [7, 11) is 1.68. The topological polar surface area (TPSA) is 50.7 Å². The fraction of sp³-hybridized carbons (Fsp3) is 0.636. The third-order valence-corrected chi connectivity index (χ3v) is 6.29. The summed E-state index contributed by atoms with van der Waals surface area (Å²) in [6.07, 6.45) is 5.35. The van der Waals surface area contributed by atoms with Crippen LogP contribution in [0.1, 0.15) is 32.3 Å². The van der Waals surface area contributed by atoms with E-state index in [-0.39, 0.29) is 0 Å². The van der Waals surface area contributed by atoms with Gasteiger partial charge in [-0.3, -0.25) is 0 Å². The van der Waals surface area contributed by atoms with Crippen LogP contribution in [0, 0.1) is 17.3 Å². The van der Waals surface area contributed by atoms with Crippen LogP contribution in [0.5, 0.6) is 5.75 Å². The molecule has 2 bridgehead atoms. The number of allylic oxidation sites excluding steroid dienone is 1. The van der Waals surface area contributed by atoms with Gasteiger partial charge in [0, 0.05) is 6.54 Å². The first-order valence-corrected chi connectivity index (χ1v) is 9.79. The van der Waals surface area contributed by atoms with Crippen molar-refractivity contribution in [3.05, 3.63) is 41.5 Å². The van der Waals surface area contributed by atoms with Gasteiger partial charge in [-0.1, -0.05) is 32.1 Å². The second-order valence-corrected chi connectivity index (χ2v) is 8.29. The fourth-order valence-corrected chi connectivity index (χ4v) is 4.31. The standard InChI is InChI=1S/C22H33NO3/c1-22(2)18-7-6-17(21(22)12-18)14-26-15-19(24)13-23-11-10-16-4-8-20(25-3)9-5-16/h4-6,8-9,18-19,21,23-24H,7,10-15H2,1-3H3/t18-,19+,21+/m1/s1. The Hall–Kier alpha value is -1.36. The van der Waals surface area contributed by atoms with E-state index in [4.69, 9.17) is 9.47 Å². The number of aliphatic hydroxyl groups excluding tert-OH is 1. The summed E-state index contributed by atoms with van der Waals surface area (Å²) in [6, 6.07) is 8.10. The van der Waals surface area contributed by atoms with Gasteiger partial charge in [0.15, 0.2) is 0 Å². The van der Waals surface area contributed by atoms with Gasteiger partial charge >= 0.3 is 0 Å². The van der Waals surface area contributed by atoms with Crippen LogP contribution in [-0.4, -0.2) is 44.6 Å². The van der Waals surface area contributed by atoms with Gasteiger partial charge in [0.25, 0.3) is 0 Å². The molecule has 0 unspecified atom stereocenters. The molecule has 1 saturated carbocycles. The Labute approximate surface area is 157 Å². The molecule has 1 fully saturated rings. The van der Waals surface area contributed by atoms with Crippen molar-refractivity contribution in [2.45, 2.75) is 39.2 Å². The first-order valence-electron chi connectivity index (χ1n) is 9.79. The molecule has 0 spiro atoms. The van der Waals surface area contributed by atoms with E-state index < -0.39 is 6.10 Å². The van der Waals surface area contributed by atoms with Crippen LogP contribution in [0.3, 0.4) is 0 Å². The Morgan fingerprint density at radius 1 is 1.27 bits per heavy atom. The number of nitrogens with one attached hydrogen (secondary N) is 1. The predicted molar refractivity (Wildman–Crippen MR) is 104 cm³/mol. The molecule has 144 valence electrons. The summed E-state index contributed by atoms with van der Waals surface area (Å²) in [4.78, 5) is 0. The van der Waals surface area contributed by atoms with E-state index >= 15 is 0 Å². The minimum Gasteiger partial charge on any atom is -0.497 e. The van der Waals surface area contributed by atoms with E-state index in [0.29, 0.717) is 31.1 Å². The highest BCUT2D eigenvalue weighted by Gasteiger charge is 2.50. The molecule has 0 heterocycles. The average Bonchev–Trinajstić information content (AvgIpc) is 2.65. The minimum absolute atomic E-state index is 0.392. The lowest BCUT2D eigenvalue weighted by molar-refractivity contribution is -0.0235. The monoisotopic (exact) mass is 359 g/mol. The minimum atomic E-state index is -0.461. The smallest absolute Gasteiger partial charge is 0.118 e. The van der Waals surface area contributed by atoms with Gasteiger partial charge in [0.05, 0.1) is 26.4 Å². The zero-order chi connectivity index (χ0) is 18.6. The summed E-state index contributed by atoms with van der Waals surface area (Å²) in [6.45, 7) is 7.21. The van der Waals surface area contributed by atoms with Crippen molar-refractivity contribution in [1.29, 1.82) is 0 Å². The van der Waals surface area contributed by atoms with Crippen molar-refractivity contribution in [2.75, 3.05) is 33.4 Å². The van der Waals surface area contributed by atoms with Gasteiger partial charge in [0.2, 0.25) is 0 Å². The highest BCUT2D eigenvalue weighted by molar-refractivity contribution is 5.27. The molecule has 3 aliphatic carbocycles. The van der Waals surface area contributed by atoms with Gasteiger partial charge in [0.1, 0.15) is 5.75 Å². The maximum absolute atomic E-state index is 10.1. The third kappa shape index (κ3) is 4.48. The molecule has 0 amide bonds. The summed E-state index contributed by atoms with van der Waals surface area (Å²) < 4.78 is 11.0. The normalized spacial score (nSPS) is 24.5. The largest absolute Gasteiger partial charge is 0.497 e. The second kappa shape index (κ2) is 8.55. The molecule has 4 rings (SSSR count). The van der Waals surface area contributed by atoms with Crippen LogP contribution < -0.4 is 10.1 Å². The van der Waals surface area contributed by atoms with Crippen molar-refractivity contribution in [3.8, 4) is 5.75 Å². The molecule has 0 aromatic heterocycles. The molecule has 3 aliphatic rings. The molecule has 0 saturated heterocycles. The Morgan fingerprint density at radius 2 is 2.04 bits per heavy atom. The second-order valence-electron chi connectivity index (χ2n) is 8.29. The number of fused-ring (bicyclic) bond motifs is 1. The quantitative estimate of drug-likeness (QED) is 0.498. The average molecular weight is 360 g/mol. The molecule has 2 N–H and O–H groups in total. The molecule has 0 aliphatic heterocycles. The lowest BCUT2D eigenvalue weighted by atomic mass is 9.49. The van der Waals surface area contributed by atoms with Crippen LogP contribution in [0.4, 0.5) is 0 Å². The molecule has 3 atom stereocenters. The van der Waals surface area contributed by atoms with Gasteiger partial charge < -0.3 is 19.9 Å². The Bertz CT molecular complexity index is 608. The van der Waals surface area contributed by atoms with Gasteiger partial charge in [-0.05, 0) is 66.3 Å². The van der Waals surface area contributed by atoms with E-state index in [1.165, 1.54) is 24.0 Å². The number of aliphatic hydroxyl groups is 1.